The minimum Gasteiger partial charge on any atom is -0.378 e. The summed E-state index contributed by atoms with van der Waals surface area (Å²) in [5, 5.41) is 23.0. The predicted octanol–water partition coefficient (Wildman–Crippen LogP) is 2.56. The van der Waals surface area contributed by atoms with Crippen molar-refractivity contribution in [3.05, 3.63) is 63.7 Å². The van der Waals surface area contributed by atoms with Gasteiger partial charge in [-0.25, -0.2) is 0 Å². The molecule has 0 atom stereocenters. The van der Waals surface area contributed by atoms with Crippen LogP contribution in [0.25, 0.3) is 0 Å². The van der Waals surface area contributed by atoms with E-state index < -0.39 is 10.8 Å². The molecule has 2 aromatic rings. The van der Waals surface area contributed by atoms with E-state index in [-0.39, 0.29) is 11.3 Å². The van der Waals surface area contributed by atoms with Gasteiger partial charge in [-0.05, 0) is 18.2 Å². The van der Waals surface area contributed by atoms with Crippen molar-refractivity contribution in [3.63, 3.8) is 0 Å². The molecule has 8 nitrogen and oxygen atoms in total. The number of nitrogens with one attached hydrogen (secondary N) is 1. The molecular formula is C18H16N4O4. The molecule has 0 bridgehead atoms. The molecule has 0 unspecified atom stereocenters. The van der Waals surface area contributed by atoms with E-state index in [1.54, 1.807) is 30.3 Å². The lowest BCUT2D eigenvalue weighted by Gasteiger charge is -2.30. The summed E-state index contributed by atoms with van der Waals surface area (Å²) < 4.78 is 5.32. The van der Waals surface area contributed by atoms with E-state index in [2.05, 4.69) is 5.32 Å². The maximum atomic E-state index is 12.8. The first-order valence-electron chi connectivity index (χ1n) is 8.02. The molecule has 26 heavy (non-hydrogen) atoms. The van der Waals surface area contributed by atoms with Gasteiger partial charge in [0.2, 0.25) is 0 Å². The van der Waals surface area contributed by atoms with Gasteiger partial charge in [-0.3, -0.25) is 14.9 Å². The molecule has 132 valence electrons. The highest BCUT2D eigenvalue weighted by molar-refractivity contribution is 6.09. The molecule has 0 aliphatic carbocycles. The van der Waals surface area contributed by atoms with Gasteiger partial charge in [0, 0.05) is 25.2 Å². The number of carbonyl (C=O) groups excluding carboxylic acids is 1. The number of hydrogen-bond acceptors (Lipinski definition) is 6. The Labute approximate surface area is 149 Å². The molecule has 1 aliphatic heterocycles. The van der Waals surface area contributed by atoms with Gasteiger partial charge in [0.25, 0.3) is 11.6 Å². The van der Waals surface area contributed by atoms with Crippen LogP contribution < -0.4 is 10.2 Å². The van der Waals surface area contributed by atoms with E-state index >= 15 is 0 Å². The summed E-state index contributed by atoms with van der Waals surface area (Å²) in [6.07, 6.45) is 0. The zero-order chi connectivity index (χ0) is 18.5. The Balaban J connectivity index is 1.97. The number of anilines is 2. The fourth-order valence-corrected chi connectivity index (χ4v) is 2.78. The highest BCUT2D eigenvalue weighted by Crippen LogP contribution is 2.27. The number of non-ortho nitro benzene ring substituents is 1. The molecule has 1 N–H and O–H groups in total. The average molecular weight is 352 g/mol. The second-order valence-corrected chi connectivity index (χ2v) is 5.67. The van der Waals surface area contributed by atoms with Crippen LogP contribution in [0.3, 0.4) is 0 Å². The third kappa shape index (κ3) is 3.63. The molecule has 1 amide bonds. The number of benzene rings is 2. The third-order valence-corrected chi connectivity index (χ3v) is 4.08. The first kappa shape index (κ1) is 17.4. The summed E-state index contributed by atoms with van der Waals surface area (Å²) in [6.45, 7) is 2.23. The number of nitro groups is 1. The summed E-state index contributed by atoms with van der Waals surface area (Å²) in [5.41, 5.74) is 1.30. The maximum absolute atomic E-state index is 12.8. The van der Waals surface area contributed by atoms with Crippen molar-refractivity contribution in [2.75, 3.05) is 36.5 Å². The van der Waals surface area contributed by atoms with Gasteiger partial charge in [-0.2, -0.15) is 5.26 Å². The number of amides is 1. The first-order valence-corrected chi connectivity index (χ1v) is 8.02. The lowest BCUT2D eigenvalue weighted by molar-refractivity contribution is -0.384. The average Bonchev–Trinajstić information content (AvgIpc) is 2.68. The molecule has 2 aromatic carbocycles. The summed E-state index contributed by atoms with van der Waals surface area (Å²) >= 11 is 0. The van der Waals surface area contributed by atoms with Crippen LogP contribution in [0.15, 0.2) is 42.5 Å². The molecular weight excluding hydrogens is 336 g/mol. The number of hydrogen-bond donors (Lipinski definition) is 1. The minimum absolute atomic E-state index is 0.166. The zero-order valence-electron chi connectivity index (χ0n) is 13.8. The van der Waals surface area contributed by atoms with Gasteiger partial charge in [0.15, 0.2) is 0 Å². The van der Waals surface area contributed by atoms with Crippen LogP contribution in [0.2, 0.25) is 0 Å². The van der Waals surface area contributed by atoms with Crippen LogP contribution >= 0.6 is 0 Å². The van der Waals surface area contributed by atoms with Gasteiger partial charge in [0.1, 0.15) is 6.07 Å². The van der Waals surface area contributed by atoms with Gasteiger partial charge >= 0.3 is 0 Å². The molecule has 1 aliphatic rings. The maximum Gasteiger partial charge on any atom is 0.270 e. The molecule has 1 heterocycles. The number of carbonyl (C=O) groups is 1. The Morgan fingerprint density at radius 3 is 2.65 bits per heavy atom. The lowest BCUT2D eigenvalue weighted by atomic mass is 10.1. The van der Waals surface area contributed by atoms with Crippen LogP contribution in [0.1, 0.15) is 15.9 Å². The Bertz CT molecular complexity index is 885. The Hall–Kier alpha value is -3.44. The summed E-state index contributed by atoms with van der Waals surface area (Å²) in [5.74, 6) is -0.502. The molecule has 0 aromatic heterocycles. The molecule has 3 rings (SSSR count). The molecule has 0 radical (unpaired) electrons. The van der Waals surface area contributed by atoms with E-state index in [1.807, 2.05) is 11.0 Å². The van der Waals surface area contributed by atoms with Crippen LogP contribution in [-0.4, -0.2) is 37.1 Å². The molecule has 0 spiro atoms. The third-order valence-electron chi connectivity index (χ3n) is 4.08. The lowest BCUT2D eigenvalue weighted by Crippen LogP contribution is -2.37. The van der Waals surface area contributed by atoms with E-state index in [1.165, 1.54) is 12.1 Å². The van der Waals surface area contributed by atoms with E-state index in [4.69, 9.17) is 10.00 Å². The minimum atomic E-state index is -0.539. The highest BCUT2D eigenvalue weighted by atomic mass is 16.6. The standard InChI is InChI=1S/C18H16N4O4/c19-12-13-3-1-2-4-16(13)20-18(23)15-11-14(22(24)25)5-6-17(15)21-7-9-26-10-8-21/h1-6,11H,7-10H2,(H,20,23). The fourth-order valence-electron chi connectivity index (χ4n) is 2.78. The van der Waals surface area contributed by atoms with E-state index in [9.17, 15) is 14.9 Å². The number of nitro benzene ring substituents is 1. The summed E-state index contributed by atoms with van der Waals surface area (Å²) in [4.78, 5) is 25.4. The Kier molecular flexibility index (Phi) is 5.10. The summed E-state index contributed by atoms with van der Waals surface area (Å²) in [6, 6.07) is 12.8. The number of nitriles is 1. The number of morpholine rings is 1. The predicted molar refractivity (Wildman–Crippen MR) is 95.2 cm³/mol. The normalized spacial score (nSPS) is 13.7. The zero-order valence-corrected chi connectivity index (χ0v) is 13.8. The Morgan fingerprint density at radius 1 is 1.23 bits per heavy atom. The number of rotatable bonds is 4. The van der Waals surface area contributed by atoms with Crippen molar-refractivity contribution in [1.82, 2.24) is 0 Å². The number of ether oxygens (including phenoxy) is 1. The molecule has 1 saturated heterocycles. The number of para-hydroxylation sites is 1. The fraction of sp³-hybridized carbons (Fsp3) is 0.222. The van der Waals surface area contributed by atoms with Crippen LogP contribution in [-0.2, 0) is 4.74 Å². The highest BCUT2D eigenvalue weighted by Gasteiger charge is 2.22. The second-order valence-electron chi connectivity index (χ2n) is 5.67. The summed E-state index contributed by atoms with van der Waals surface area (Å²) in [7, 11) is 0. The second kappa shape index (κ2) is 7.63. The van der Waals surface area contributed by atoms with Crippen molar-refractivity contribution in [1.29, 1.82) is 5.26 Å². The van der Waals surface area contributed by atoms with Crippen LogP contribution in [0, 0.1) is 21.4 Å². The van der Waals surface area contributed by atoms with Crippen molar-refractivity contribution in [2.24, 2.45) is 0 Å². The quantitative estimate of drug-likeness (QED) is 0.669. The van der Waals surface area contributed by atoms with Crippen LogP contribution in [0.4, 0.5) is 17.1 Å². The van der Waals surface area contributed by atoms with Gasteiger partial charge in [0.05, 0.1) is 40.6 Å². The molecule has 8 heteroatoms. The van der Waals surface area contributed by atoms with Gasteiger partial charge in [-0.15, -0.1) is 0 Å². The first-order chi connectivity index (χ1) is 12.6. The molecule has 0 saturated carbocycles. The van der Waals surface area contributed by atoms with Crippen molar-refractivity contribution >= 4 is 23.0 Å². The number of nitrogens with zero attached hydrogens (tertiary/aromatic N) is 3. The van der Waals surface area contributed by atoms with Crippen molar-refractivity contribution < 1.29 is 14.5 Å². The monoisotopic (exact) mass is 352 g/mol. The van der Waals surface area contributed by atoms with Gasteiger partial charge in [-0.1, -0.05) is 12.1 Å². The van der Waals surface area contributed by atoms with E-state index in [0.717, 1.165) is 0 Å². The van der Waals surface area contributed by atoms with Crippen molar-refractivity contribution in [2.45, 2.75) is 0 Å². The van der Waals surface area contributed by atoms with Crippen molar-refractivity contribution in [3.8, 4) is 6.07 Å². The Morgan fingerprint density at radius 2 is 1.96 bits per heavy atom. The van der Waals surface area contributed by atoms with E-state index in [0.29, 0.717) is 43.2 Å². The largest absolute Gasteiger partial charge is 0.378 e. The van der Waals surface area contributed by atoms with Crippen LogP contribution in [0.5, 0.6) is 0 Å². The SMILES string of the molecule is N#Cc1ccccc1NC(=O)c1cc([N+](=O)[O-])ccc1N1CCOCC1. The molecule has 1 fully saturated rings. The van der Waals surface area contributed by atoms with Gasteiger partial charge < -0.3 is 15.0 Å². The smallest absolute Gasteiger partial charge is 0.270 e. The topological polar surface area (TPSA) is 108 Å².